The van der Waals surface area contributed by atoms with E-state index in [-0.39, 0.29) is 17.5 Å². The maximum atomic E-state index is 13.0. The fourth-order valence-corrected chi connectivity index (χ4v) is 4.16. The summed E-state index contributed by atoms with van der Waals surface area (Å²) in [6, 6.07) is 0. The van der Waals surface area contributed by atoms with E-state index in [0.717, 1.165) is 6.42 Å². The molecule has 24 heavy (non-hydrogen) atoms. The Hall–Kier alpha value is -1.53. The van der Waals surface area contributed by atoms with E-state index in [1.54, 1.807) is 6.92 Å². The molecule has 0 amide bonds. The lowest BCUT2D eigenvalue weighted by Gasteiger charge is -2.55. The quantitative estimate of drug-likeness (QED) is 0.734. The second-order valence-electron chi connectivity index (χ2n) is 6.97. The second-order valence-corrected chi connectivity index (χ2v) is 6.97. The lowest BCUT2D eigenvalue weighted by atomic mass is 9.53. The van der Waals surface area contributed by atoms with Crippen molar-refractivity contribution in [2.45, 2.75) is 51.6 Å². The van der Waals surface area contributed by atoms with Crippen LogP contribution in [-0.2, 0) is 14.3 Å². The summed E-state index contributed by atoms with van der Waals surface area (Å²) in [6.45, 7) is 3.09. The average molecular weight is 345 g/mol. The van der Waals surface area contributed by atoms with Crippen LogP contribution in [0.25, 0.3) is 0 Å². The van der Waals surface area contributed by atoms with Crippen molar-refractivity contribution in [3.05, 3.63) is 11.3 Å². The van der Waals surface area contributed by atoms with Crippen LogP contribution in [0.15, 0.2) is 11.3 Å². The predicted octanol–water partition coefficient (Wildman–Crippen LogP) is 3.22. The van der Waals surface area contributed by atoms with Crippen LogP contribution >= 0.6 is 0 Å². The maximum absolute atomic E-state index is 13.0. The molecule has 2 aliphatic carbocycles. The predicted molar refractivity (Wildman–Crippen MR) is 79.9 cm³/mol. The summed E-state index contributed by atoms with van der Waals surface area (Å²) in [5.41, 5.74) is 0.0232. The summed E-state index contributed by atoms with van der Waals surface area (Å²) >= 11 is 0. The summed E-state index contributed by atoms with van der Waals surface area (Å²) < 4.78 is 43.9. The van der Waals surface area contributed by atoms with Gasteiger partial charge >= 0.3 is 12.1 Å². The fourth-order valence-electron chi connectivity index (χ4n) is 4.16. The Morgan fingerprint density at radius 2 is 1.88 bits per heavy atom. The van der Waals surface area contributed by atoms with Gasteiger partial charge in [-0.1, -0.05) is 6.42 Å². The normalized spacial score (nSPS) is 23.8. The number of alkyl halides is 3. The first-order valence-electron chi connectivity index (χ1n) is 8.55. The standard InChI is InChI=1S/C17H22F3NO3/c1-2-24-15(23)11-4-8-21(9-5-11)12-10-16(6-3-7-16)13(12)14(22)17(18,19)20/h11H,2-10H2,1H3. The lowest BCUT2D eigenvalue weighted by molar-refractivity contribution is -0.170. The van der Waals surface area contributed by atoms with Gasteiger partial charge in [0.15, 0.2) is 0 Å². The zero-order chi connectivity index (χ0) is 17.5. The third-order valence-corrected chi connectivity index (χ3v) is 5.62. The molecule has 1 saturated heterocycles. The van der Waals surface area contributed by atoms with E-state index in [2.05, 4.69) is 0 Å². The highest BCUT2D eigenvalue weighted by molar-refractivity contribution is 6.03. The number of hydrogen-bond acceptors (Lipinski definition) is 4. The van der Waals surface area contributed by atoms with Gasteiger partial charge in [0.2, 0.25) is 0 Å². The van der Waals surface area contributed by atoms with Gasteiger partial charge in [0, 0.05) is 29.8 Å². The number of ketones is 1. The Morgan fingerprint density at radius 1 is 1.25 bits per heavy atom. The smallest absolute Gasteiger partial charge is 0.454 e. The van der Waals surface area contributed by atoms with Crippen LogP contribution in [0.3, 0.4) is 0 Å². The Kier molecular flexibility index (Phi) is 4.38. The summed E-state index contributed by atoms with van der Waals surface area (Å²) in [5.74, 6) is -2.10. The molecule has 0 N–H and O–H groups in total. The number of esters is 1. The molecule has 134 valence electrons. The zero-order valence-corrected chi connectivity index (χ0v) is 13.7. The molecule has 0 radical (unpaired) electrons. The zero-order valence-electron chi connectivity index (χ0n) is 13.7. The first kappa shape index (κ1) is 17.3. The highest BCUT2D eigenvalue weighted by Crippen LogP contribution is 2.61. The van der Waals surface area contributed by atoms with E-state index in [4.69, 9.17) is 4.74 Å². The molecule has 0 aromatic carbocycles. The van der Waals surface area contributed by atoms with Gasteiger partial charge in [-0.2, -0.15) is 13.2 Å². The van der Waals surface area contributed by atoms with Gasteiger partial charge in [-0.15, -0.1) is 0 Å². The van der Waals surface area contributed by atoms with E-state index in [1.807, 2.05) is 4.90 Å². The summed E-state index contributed by atoms with van der Waals surface area (Å²) in [4.78, 5) is 25.5. The van der Waals surface area contributed by atoms with Crippen molar-refractivity contribution in [1.29, 1.82) is 0 Å². The highest BCUT2D eigenvalue weighted by Gasteiger charge is 2.58. The van der Waals surface area contributed by atoms with Gasteiger partial charge in [-0.05, 0) is 39.0 Å². The van der Waals surface area contributed by atoms with Gasteiger partial charge in [0.25, 0.3) is 5.78 Å². The first-order chi connectivity index (χ1) is 11.3. The van der Waals surface area contributed by atoms with Gasteiger partial charge in [0.05, 0.1) is 12.5 Å². The van der Waals surface area contributed by atoms with Crippen molar-refractivity contribution >= 4 is 11.8 Å². The number of nitrogens with zero attached hydrogens (tertiary/aromatic N) is 1. The number of hydrogen-bond donors (Lipinski definition) is 0. The van der Waals surface area contributed by atoms with Crippen LogP contribution in [0.1, 0.15) is 45.4 Å². The number of Topliss-reactive ketones (excluding diaryl/α,β-unsaturated/α-hetero) is 1. The molecule has 3 aliphatic rings. The molecule has 0 aromatic heterocycles. The van der Waals surface area contributed by atoms with E-state index in [1.165, 1.54) is 0 Å². The molecule has 3 rings (SSSR count). The van der Waals surface area contributed by atoms with Crippen molar-refractivity contribution in [2.24, 2.45) is 11.3 Å². The average Bonchev–Trinajstić information content (AvgIpc) is 2.44. The number of allylic oxidation sites excluding steroid dienone is 2. The van der Waals surface area contributed by atoms with E-state index in [0.29, 0.717) is 57.5 Å². The van der Waals surface area contributed by atoms with Crippen LogP contribution in [-0.4, -0.2) is 42.5 Å². The highest BCUT2D eigenvalue weighted by atomic mass is 19.4. The molecular weight excluding hydrogens is 323 g/mol. The monoisotopic (exact) mass is 345 g/mol. The molecule has 1 spiro atoms. The van der Waals surface area contributed by atoms with Gasteiger partial charge in [-0.3, -0.25) is 9.59 Å². The number of likely N-dealkylation sites (tertiary alicyclic amines) is 1. The topological polar surface area (TPSA) is 46.6 Å². The Bertz CT molecular complexity index is 570. The Balaban J connectivity index is 1.73. The number of carbonyl (C=O) groups excluding carboxylic acids is 2. The molecule has 1 aliphatic heterocycles. The van der Waals surface area contributed by atoms with Crippen molar-refractivity contribution < 1.29 is 27.5 Å². The molecule has 1 saturated carbocycles. The van der Waals surface area contributed by atoms with E-state index < -0.39 is 17.4 Å². The molecule has 0 atom stereocenters. The molecule has 2 fully saturated rings. The van der Waals surface area contributed by atoms with Crippen LogP contribution in [0, 0.1) is 11.3 Å². The summed E-state index contributed by atoms with van der Waals surface area (Å²) in [5, 5.41) is 0. The molecule has 0 unspecified atom stereocenters. The minimum atomic E-state index is -4.81. The number of ether oxygens (including phenoxy) is 1. The fraction of sp³-hybridized carbons (Fsp3) is 0.765. The van der Waals surface area contributed by atoms with E-state index >= 15 is 0 Å². The van der Waals surface area contributed by atoms with Crippen molar-refractivity contribution in [2.75, 3.05) is 19.7 Å². The summed E-state index contributed by atoms with van der Waals surface area (Å²) in [7, 11) is 0. The Morgan fingerprint density at radius 3 is 2.33 bits per heavy atom. The second kappa shape index (κ2) is 6.08. The van der Waals surface area contributed by atoms with Crippen molar-refractivity contribution in [3.63, 3.8) is 0 Å². The molecule has 0 bridgehead atoms. The molecule has 0 aromatic rings. The van der Waals surface area contributed by atoms with E-state index in [9.17, 15) is 22.8 Å². The van der Waals surface area contributed by atoms with Crippen molar-refractivity contribution in [3.8, 4) is 0 Å². The summed E-state index contributed by atoms with van der Waals surface area (Å²) in [6.07, 6.45) is -0.903. The van der Waals surface area contributed by atoms with Crippen LogP contribution in [0.4, 0.5) is 13.2 Å². The molecular formula is C17H22F3NO3. The third-order valence-electron chi connectivity index (χ3n) is 5.62. The Labute approximate surface area is 139 Å². The number of rotatable bonds is 4. The molecule has 7 heteroatoms. The van der Waals surface area contributed by atoms with Crippen LogP contribution < -0.4 is 0 Å². The van der Waals surface area contributed by atoms with Gasteiger partial charge in [0.1, 0.15) is 0 Å². The number of piperidine rings is 1. The third kappa shape index (κ3) is 2.82. The largest absolute Gasteiger partial charge is 0.466 e. The minimum Gasteiger partial charge on any atom is -0.466 e. The minimum absolute atomic E-state index is 0.00386. The SMILES string of the molecule is CCOC(=O)C1CCN(C2=C(C(=O)C(F)(F)F)C3(CCC3)C2)CC1. The van der Waals surface area contributed by atoms with Crippen molar-refractivity contribution in [1.82, 2.24) is 4.90 Å². The first-order valence-corrected chi connectivity index (χ1v) is 8.55. The lowest BCUT2D eigenvalue weighted by Crippen LogP contribution is -2.51. The maximum Gasteiger partial charge on any atom is 0.454 e. The molecule has 1 heterocycles. The van der Waals surface area contributed by atoms with Crippen LogP contribution in [0.2, 0.25) is 0 Å². The van der Waals surface area contributed by atoms with Gasteiger partial charge < -0.3 is 9.64 Å². The molecule has 4 nitrogen and oxygen atoms in total. The van der Waals surface area contributed by atoms with Gasteiger partial charge in [-0.25, -0.2) is 0 Å². The number of halogens is 3. The van der Waals surface area contributed by atoms with Crippen LogP contribution in [0.5, 0.6) is 0 Å². The number of carbonyl (C=O) groups is 2.